The first kappa shape index (κ1) is 25.3. The van der Waals surface area contributed by atoms with Gasteiger partial charge in [0.25, 0.3) is 5.91 Å². The van der Waals surface area contributed by atoms with Crippen molar-refractivity contribution in [2.45, 2.75) is 37.6 Å². The molecule has 1 saturated heterocycles. The van der Waals surface area contributed by atoms with Gasteiger partial charge in [0.05, 0.1) is 0 Å². The summed E-state index contributed by atoms with van der Waals surface area (Å²) in [7, 11) is 0. The zero-order chi connectivity index (χ0) is 24.0. The molecule has 0 aromatic heterocycles. The second-order valence-electron chi connectivity index (χ2n) is 10.4. The molecule has 0 bridgehead atoms. The van der Waals surface area contributed by atoms with Gasteiger partial charge in [0, 0.05) is 35.6 Å². The Morgan fingerprint density at radius 2 is 1.72 bits per heavy atom. The van der Waals surface area contributed by atoms with Crippen LogP contribution in [0.25, 0.3) is 10.8 Å². The van der Waals surface area contributed by atoms with Crippen LogP contribution in [0.5, 0.6) is 0 Å². The van der Waals surface area contributed by atoms with Crippen molar-refractivity contribution >= 4 is 40.7 Å². The molecule has 0 N–H and O–H groups in total. The lowest BCUT2D eigenvalue weighted by Crippen LogP contribution is -2.46. The summed E-state index contributed by atoms with van der Waals surface area (Å²) in [4.78, 5) is 18.4. The molecule has 2 fully saturated rings. The summed E-state index contributed by atoms with van der Waals surface area (Å²) in [5, 5.41) is 2.89. The minimum absolute atomic E-state index is 0. The van der Waals surface area contributed by atoms with Gasteiger partial charge in [0.15, 0.2) is 0 Å². The van der Waals surface area contributed by atoms with E-state index in [1.807, 2.05) is 41.3 Å². The third-order valence-electron chi connectivity index (χ3n) is 8.14. The SMILES string of the molecule is Cl.O=C1C(C2(c3ccc(F)cc3)CCN(CC3CC3)CC2)=CCN1Cc1cc(Cl)cc2ccccc12. The third-order valence-corrected chi connectivity index (χ3v) is 8.36. The van der Waals surface area contributed by atoms with Gasteiger partial charge in [-0.1, -0.05) is 54.1 Å². The van der Waals surface area contributed by atoms with Crippen LogP contribution in [-0.4, -0.2) is 41.9 Å². The highest BCUT2D eigenvalue weighted by atomic mass is 35.5. The van der Waals surface area contributed by atoms with Crippen LogP contribution in [0, 0.1) is 11.7 Å². The Bertz CT molecular complexity index is 1290. The highest BCUT2D eigenvalue weighted by Gasteiger charge is 2.45. The Morgan fingerprint density at radius 1 is 1.00 bits per heavy atom. The average Bonchev–Trinajstić information content (AvgIpc) is 3.61. The maximum atomic E-state index is 13.9. The van der Waals surface area contributed by atoms with E-state index >= 15 is 0 Å². The van der Waals surface area contributed by atoms with Crippen molar-refractivity contribution in [3.05, 3.63) is 94.3 Å². The molecule has 6 heteroatoms. The number of hydrogen-bond acceptors (Lipinski definition) is 2. The highest BCUT2D eigenvalue weighted by molar-refractivity contribution is 6.31. The van der Waals surface area contributed by atoms with Crippen LogP contribution >= 0.6 is 24.0 Å². The fraction of sp³-hybridized carbons (Fsp3) is 0.367. The van der Waals surface area contributed by atoms with Crippen LogP contribution in [0.2, 0.25) is 5.02 Å². The zero-order valence-electron chi connectivity index (χ0n) is 20.3. The molecule has 1 aliphatic carbocycles. The van der Waals surface area contributed by atoms with Crippen molar-refractivity contribution in [2.75, 3.05) is 26.2 Å². The number of carbonyl (C=O) groups is 1. The van der Waals surface area contributed by atoms with Crippen LogP contribution in [0.3, 0.4) is 0 Å². The molecule has 3 aromatic rings. The normalized spacial score (nSPS) is 19.9. The average molecular weight is 525 g/mol. The van der Waals surface area contributed by atoms with E-state index in [9.17, 15) is 9.18 Å². The number of halogens is 3. The summed E-state index contributed by atoms with van der Waals surface area (Å²) in [5.74, 6) is 0.703. The summed E-state index contributed by atoms with van der Waals surface area (Å²) >= 11 is 6.41. The predicted molar refractivity (Wildman–Crippen MR) is 146 cm³/mol. The molecule has 0 atom stereocenters. The molecule has 0 unspecified atom stereocenters. The molecule has 188 valence electrons. The number of rotatable bonds is 6. The molecule has 0 spiro atoms. The molecule has 1 amide bonds. The van der Waals surface area contributed by atoms with Crippen LogP contribution in [0.4, 0.5) is 4.39 Å². The number of fused-ring (bicyclic) bond motifs is 1. The number of benzene rings is 3. The summed E-state index contributed by atoms with van der Waals surface area (Å²) in [6, 6.07) is 18.9. The van der Waals surface area contributed by atoms with Gasteiger partial charge in [-0.15, -0.1) is 12.4 Å². The van der Waals surface area contributed by atoms with E-state index in [1.54, 1.807) is 0 Å². The third kappa shape index (κ3) is 4.79. The first-order valence-corrected chi connectivity index (χ1v) is 13.1. The summed E-state index contributed by atoms with van der Waals surface area (Å²) in [5.41, 5.74) is 2.63. The Morgan fingerprint density at radius 3 is 2.44 bits per heavy atom. The van der Waals surface area contributed by atoms with Gasteiger partial charge < -0.3 is 9.80 Å². The summed E-state index contributed by atoms with van der Waals surface area (Å²) in [6.45, 7) is 4.21. The van der Waals surface area contributed by atoms with Crippen molar-refractivity contribution in [1.82, 2.24) is 9.80 Å². The number of nitrogens with zero attached hydrogens (tertiary/aromatic N) is 2. The molecular formula is C30H31Cl2FN2O. The second kappa shape index (κ2) is 10.2. The lowest BCUT2D eigenvalue weighted by molar-refractivity contribution is -0.126. The molecule has 2 aliphatic heterocycles. The first-order chi connectivity index (χ1) is 17.0. The van der Waals surface area contributed by atoms with Crippen LogP contribution in [0.1, 0.15) is 36.8 Å². The maximum absolute atomic E-state index is 13.9. The molecule has 1 saturated carbocycles. The topological polar surface area (TPSA) is 23.6 Å². The number of carbonyl (C=O) groups excluding carboxylic acids is 1. The number of likely N-dealkylation sites (tertiary alicyclic amines) is 1. The van der Waals surface area contributed by atoms with E-state index in [-0.39, 0.29) is 29.5 Å². The Hall–Kier alpha value is -2.40. The molecule has 3 nitrogen and oxygen atoms in total. The predicted octanol–water partition coefficient (Wildman–Crippen LogP) is 6.77. The fourth-order valence-corrected chi connectivity index (χ4v) is 6.28. The van der Waals surface area contributed by atoms with Gasteiger partial charge in [0.2, 0.25) is 0 Å². The first-order valence-electron chi connectivity index (χ1n) is 12.7. The molecule has 2 heterocycles. The van der Waals surface area contributed by atoms with Crippen LogP contribution in [0.15, 0.2) is 72.3 Å². The van der Waals surface area contributed by atoms with Crippen molar-refractivity contribution in [3.63, 3.8) is 0 Å². The van der Waals surface area contributed by atoms with E-state index in [0.29, 0.717) is 18.1 Å². The van der Waals surface area contributed by atoms with Crippen molar-refractivity contribution in [2.24, 2.45) is 5.92 Å². The quantitative estimate of drug-likeness (QED) is 0.355. The zero-order valence-corrected chi connectivity index (χ0v) is 21.8. The van der Waals surface area contributed by atoms with Crippen LogP contribution in [-0.2, 0) is 16.8 Å². The minimum Gasteiger partial charge on any atom is -0.331 e. The Balaban J connectivity index is 0.00000267. The number of piperidine rings is 1. The van der Waals surface area contributed by atoms with Gasteiger partial charge in [-0.3, -0.25) is 4.79 Å². The van der Waals surface area contributed by atoms with E-state index < -0.39 is 0 Å². The largest absolute Gasteiger partial charge is 0.331 e. The van der Waals surface area contributed by atoms with E-state index in [1.165, 1.54) is 31.5 Å². The molecular weight excluding hydrogens is 494 g/mol. The molecule has 36 heavy (non-hydrogen) atoms. The monoisotopic (exact) mass is 524 g/mol. The summed E-state index contributed by atoms with van der Waals surface area (Å²) in [6.07, 6.45) is 6.58. The second-order valence-corrected chi connectivity index (χ2v) is 10.9. The van der Waals surface area contributed by atoms with E-state index in [0.717, 1.165) is 59.3 Å². The van der Waals surface area contributed by atoms with Crippen molar-refractivity contribution in [1.29, 1.82) is 0 Å². The standard InChI is InChI=1S/C30H30ClFN2O.ClH/c31-25-17-22-3-1-2-4-27(22)23(18-25)20-34-14-11-28(29(34)35)30(24-7-9-26(32)10-8-24)12-15-33(16-13-30)19-21-5-6-21;/h1-4,7-11,17-18,21H,5-6,12-16,19-20H2;1H. The van der Waals surface area contributed by atoms with Crippen molar-refractivity contribution < 1.29 is 9.18 Å². The van der Waals surface area contributed by atoms with Gasteiger partial charge in [-0.2, -0.15) is 0 Å². The minimum atomic E-state index is -0.365. The number of hydrogen-bond donors (Lipinski definition) is 0. The Kier molecular flexibility index (Phi) is 7.13. The van der Waals surface area contributed by atoms with E-state index in [2.05, 4.69) is 23.1 Å². The molecule has 6 rings (SSSR count). The fourth-order valence-electron chi connectivity index (χ4n) is 6.03. The van der Waals surface area contributed by atoms with Gasteiger partial charge in [-0.05, 0) is 90.9 Å². The smallest absolute Gasteiger partial charge is 0.251 e. The van der Waals surface area contributed by atoms with E-state index in [4.69, 9.17) is 11.6 Å². The maximum Gasteiger partial charge on any atom is 0.251 e. The lowest BCUT2D eigenvalue weighted by Gasteiger charge is -2.43. The van der Waals surface area contributed by atoms with Gasteiger partial charge >= 0.3 is 0 Å². The lowest BCUT2D eigenvalue weighted by atomic mass is 9.67. The number of amides is 1. The molecule has 3 aromatic carbocycles. The van der Waals surface area contributed by atoms with Crippen LogP contribution < -0.4 is 0 Å². The molecule has 3 aliphatic rings. The molecule has 0 radical (unpaired) electrons. The van der Waals surface area contributed by atoms with Gasteiger partial charge in [0.1, 0.15) is 5.82 Å². The highest BCUT2D eigenvalue weighted by Crippen LogP contribution is 2.45. The summed E-state index contributed by atoms with van der Waals surface area (Å²) < 4.78 is 13.8. The van der Waals surface area contributed by atoms with Crippen molar-refractivity contribution in [3.8, 4) is 0 Å². The van der Waals surface area contributed by atoms with Gasteiger partial charge in [-0.25, -0.2) is 4.39 Å². The Labute approximate surface area is 223 Å².